The lowest BCUT2D eigenvalue weighted by atomic mass is 9.99. The molecule has 2 atom stereocenters. The van der Waals surface area contributed by atoms with E-state index in [0.717, 1.165) is 16.2 Å². The Kier molecular flexibility index (Phi) is 3.18. The lowest BCUT2D eigenvalue weighted by Gasteiger charge is -2.29. The average Bonchev–Trinajstić information content (AvgIpc) is 2.65. The standard InChI is InChI=1S/C11H16BrN3S/c12-10-6-13-11(16-10)15-5-4-14-3-1-2-9(7-14)8-15/h6,9H,1-5,7-8H2. The van der Waals surface area contributed by atoms with Crippen molar-refractivity contribution in [3.8, 4) is 0 Å². The van der Waals surface area contributed by atoms with E-state index in [1.54, 1.807) is 11.3 Å². The number of halogens is 1. The molecule has 0 aliphatic carbocycles. The van der Waals surface area contributed by atoms with Gasteiger partial charge >= 0.3 is 0 Å². The molecule has 2 aliphatic rings. The highest BCUT2D eigenvalue weighted by Crippen LogP contribution is 2.29. The SMILES string of the molecule is Brc1cnc(N2CCN3CCCC(C3)C2)s1. The van der Waals surface area contributed by atoms with Gasteiger partial charge in [-0.2, -0.15) is 0 Å². The van der Waals surface area contributed by atoms with E-state index in [1.165, 1.54) is 44.2 Å². The summed E-state index contributed by atoms with van der Waals surface area (Å²) < 4.78 is 1.13. The van der Waals surface area contributed by atoms with Crippen LogP contribution in [-0.2, 0) is 0 Å². The molecule has 3 rings (SSSR count). The van der Waals surface area contributed by atoms with Crippen molar-refractivity contribution in [1.29, 1.82) is 0 Å². The van der Waals surface area contributed by atoms with Gasteiger partial charge in [-0.25, -0.2) is 4.98 Å². The smallest absolute Gasteiger partial charge is 0.186 e. The van der Waals surface area contributed by atoms with Crippen molar-refractivity contribution in [2.24, 2.45) is 5.92 Å². The Morgan fingerprint density at radius 1 is 1.31 bits per heavy atom. The summed E-state index contributed by atoms with van der Waals surface area (Å²) >= 11 is 5.24. The van der Waals surface area contributed by atoms with E-state index in [0.29, 0.717) is 0 Å². The number of thiazole rings is 1. The first-order valence-electron chi connectivity index (χ1n) is 5.90. The molecule has 0 spiro atoms. The van der Waals surface area contributed by atoms with Gasteiger partial charge in [-0.05, 0) is 41.2 Å². The molecule has 5 heteroatoms. The van der Waals surface area contributed by atoms with Gasteiger partial charge in [-0.1, -0.05) is 11.3 Å². The molecule has 0 aromatic carbocycles. The van der Waals surface area contributed by atoms with E-state index in [2.05, 4.69) is 30.7 Å². The predicted molar refractivity (Wildman–Crippen MR) is 71.2 cm³/mol. The van der Waals surface area contributed by atoms with Crippen LogP contribution < -0.4 is 4.90 Å². The quantitative estimate of drug-likeness (QED) is 0.794. The van der Waals surface area contributed by atoms with Crippen LogP contribution in [0.4, 0.5) is 5.13 Å². The van der Waals surface area contributed by atoms with Crippen LogP contribution in [0, 0.1) is 5.92 Å². The molecule has 0 N–H and O–H groups in total. The minimum Gasteiger partial charge on any atom is -0.346 e. The third-order valence-corrected chi connectivity index (χ3v) is 5.04. The summed E-state index contributed by atoms with van der Waals surface area (Å²) in [5.41, 5.74) is 0. The molecular formula is C11H16BrN3S. The third-order valence-electron chi connectivity index (χ3n) is 3.50. The maximum Gasteiger partial charge on any atom is 0.186 e. The fourth-order valence-corrected chi connectivity index (χ4v) is 3.95. The summed E-state index contributed by atoms with van der Waals surface area (Å²) in [5, 5.41) is 1.18. The molecule has 2 aliphatic heterocycles. The lowest BCUT2D eigenvalue weighted by molar-refractivity contribution is 0.201. The maximum atomic E-state index is 4.47. The number of hydrogen-bond acceptors (Lipinski definition) is 4. The van der Waals surface area contributed by atoms with Gasteiger partial charge in [0.25, 0.3) is 0 Å². The fourth-order valence-electron chi connectivity index (χ4n) is 2.73. The second-order valence-electron chi connectivity index (χ2n) is 4.70. The fraction of sp³-hybridized carbons (Fsp3) is 0.727. The van der Waals surface area contributed by atoms with Crippen LogP contribution in [0.25, 0.3) is 0 Å². The van der Waals surface area contributed by atoms with Crippen molar-refractivity contribution in [2.75, 3.05) is 37.6 Å². The van der Waals surface area contributed by atoms with E-state index >= 15 is 0 Å². The highest BCUT2D eigenvalue weighted by Gasteiger charge is 2.27. The lowest BCUT2D eigenvalue weighted by Crippen LogP contribution is -2.35. The van der Waals surface area contributed by atoms with Gasteiger partial charge in [0.15, 0.2) is 5.13 Å². The highest BCUT2D eigenvalue weighted by molar-refractivity contribution is 9.11. The summed E-state index contributed by atoms with van der Waals surface area (Å²) in [6.07, 6.45) is 4.68. The van der Waals surface area contributed by atoms with Crippen LogP contribution in [0.3, 0.4) is 0 Å². The predicted octanol–water partition coefficient (Wildman–Crippen LogP) is 2.44. The largest absolute Gasteiger partial charge is 0.346 e. The molecule has 3 nitrogen and oxygen atoms in total. The van der Waals surface area contributed by atoms with Crippen molar-refractivity contribution in [3.63, 3.8) is 0 Å². The van der Waals surface area contributed by atoms with Crippen LogP contribution in [0.2, 0.25) is 0 Å². The number of anilines is 1. The number of fused-ring (bicyclic) bond motifs is 2. The second-order valence-corrected chi connectivity index (χ2v) is 7.09. The minimum atomic E-state index is 0.846. The zero-order valence-corrected chi connectivity index (χ0v) is 11.6. The first kappa shape index (κ1) is 11.0. The monoisotopic (exact) mass is 301 g/mol. The molecule has 2 fully saturated rings. The Morgan fingerprint density at radius 3 is 3.06 bits per heavy atom. The Balaban J connectivity index is 1.76. The van der Waals surface area contributed by atoms with Crippen molar-refractivity contribution >= 4 is 32.4 Å². The summed E-state index contributed by atoms with van der Waals surface area (Å²) in [4.78, 5) is 9.55. The molecule has 16 heavy (non-hydrogen) atoms. The summed E-state index contributed by atoms with van der Waals surface area (Å²) in [6, 6.07) is 0. The van der Waals surface area contributed by atoms with Gasteiger partial charge in [0.05, 0.1) is 9.98 Å². The topological polar surface area (TPSA) is 19.4 Å². The Labute approximate surface area is 109 Å². The third kappa shape index (κ3) is 2.26. The van der Waals surface area contributed by atoms with Gasteiger partial charge in [0.2, 0.25) is 0 Å². The molecule has 2 saturated heterocycles. The van der Waals surface area contributed by atoms with Gasteiger partial charge < -0.3 is 9.80 Å². The van der Waals surface area contributed by atoms with Crippen molar-refractivity contribution in [1.82, 2.24) is 9.88 Å². The normalized spacial score (nSPS) is 30.2. The molecular weight excluding hydrogens is 286 g/mol. The summed E-state index contributed by atoms with van der Waals surface area (Å²) in [6.45, 7) is 6.12. The molecule has 0 amide bonds. The molecule has 2 bridgehead atoms. The van der Waals surface area contributed by atoms with Crippen LogP contribution in [0.1, 0.15) is 12.8 Å². The van der Waals surface area contributed by atoms with E-state index in [1.807, 2.05) is 6.20 Å². The Bertz CT molecular complexity index is 368. The first-order valence-corrected chi connectivity index (χ1v) is 7.51. The van der Waals surface area contributed by atoms with Gasteiger partial charge in [0, 0.05) is 26.2 Å². The van der Waals surface area contributed by atoms with Crippen LogP contribution in [0.15, 0.2) is 9.98 Å². The van der Waals surface area contributed by atoms with E-state index in [-0.39, 0.29) is 0 Å². The zero-order valence-electron chi connectivity index (χ0n) is 9.23. The van der Waals surface area contributed by atoms with Crippen molar-refractivity contribution in [2.45, 2.75) is 12.8 Å². The van der Waals surface area contributed by atoms with Crippen LogP contribution in [0.5, 0.6) is 0 Å². The van der Waals surface area contributed by atoms with E-state index < -0.39 is 0 Å². The average molecular weight is 302 g/mol. The number of hydrogen-bond donors (Lipinski definition) is 0. The van der Waals surface area contributed by atoms with Gasteiger partial charge in [0.1, 0.15) is 0 Å². The zero-order chi connectivity index (χ0) is 11.0. The van der Waals surface area contributed by atoms with E-state index in [4.69, 9.17) is 0 Å². The Morgan fingerprint density at radius 2 is 2.25 bits per heavy atom. The first-order chi connectivity index (χ1) is 7.81. The molecule has 0 radical (unpaired) electrons. The second kappa shape index (κ2) is 4.63. The Hall–Kier alpha value is -0.130. The molecule has 2 unspecified atom stereocenters. The molecule has 88 valence electrons. The molecule has 1 aromatic heterocycles. The van der Waals surface area contributed by atoms with Crippen molar-refractivity contribution in [3.05, 3.63) is 9.98 Å². The maximum absolute atomic E-state index is 4.47. The number of aromatic nitrogens is 1. The van der Waals surface area contributed by atoms with Crippen LogP contribution in [-0.4, -0.2) is 42.6 Å². The van der Waals surface area contributed by atoms with E-state index in [9.17, 15) is 0 Å². The molecule has 3 heterocycles. The van der Waals surface area contributed by atoms with Gasteiger partial charge in [-0.3, -0.25) is 0 Å². The summed E-state index contributed by atoms with van der Waals surface area (Å²) in [7, 11) is 0. The molecule has 0 saturated carbocycles. The number of piperidine rings is 1. The van der Waals surface area contributed by atoms with Crippen LogP contribution >= 0.6 is 27.3 Å². The van der Waals surface area contributed by atoms with Crippen molar-refractivity contribution < 1.29 is 0 Å². The number of nitrogens with zero attached hydrogens (tertiary/aromatic N) is 3. The number of rotatable bonds is 1. The minimum absolute atomic E-state index is 0.846. The highest BCUT2D eigenvalue weighted by atomic mass is 79.9. The van der Waals surface area contributed by atoms with Gasteiger partial charge in [-0.15, -0.1) is 0 Å². The summed E-state index contributed by atoms with van der Waals surface area (Å²) in [5.74, 6) is 0.846. The molecule has 1 aromatic rings.